The van der Waals surface area contributed by atoms with Crippen molar-refractivity contribution in [1.29, 1.82) is 0 Å². The molecule has 3 rings (SSSR count). The maximum absolute atomic E-state index is 12.4. The van der Waals surface area contributed by atoms with Gasteiger partial charge < -0.3 is 10.1 Å². The molecule has 136 valence electrons. The molecule has 0 saturated carbocycles. The van der Waals surface area contributed by atoms with Crippen molar-refractivity contribution < 1.29 is 14.3 Å². The number of ketones is 1. The summed E-state index contributed by atoms with van der Waals surface area (Å²) >= 11 is 0. The van der Waals surface area contributed by atoms with Crippen LogP contribution in [0.1, 0.15) is 28.4 Å². The first kappa shape index (κ1) is 18.4. The molecule has 0 fully saturated rings. The van der Waals surface area contributed by atoms with Gasteiger partial charge in [-0.25, -0.2) is 0 Å². The first-order valence-corrected chi connectivity index (χ1v) is 8.81. The van der Waals surface area contributed by atoms with Crippen LogP contribution in [0.15, 0.2) is 84.9 Å². The van der Waals surface area contributed by atoms with Crippen molar-refractivity contribution >= 4 is 11.7 Å². The van der Waals surface area contributed by atoms with Gasteiger partial charge in [-0.3, -0.25) is 9.59 Å². The molecule has 4 nitrogen and oxygen atoms in total. The van der Waals surface area contributed by atoms with Crippen molar-refractivity contribution in [1.82, 2.24) is 5.32 Å². The Bertz CT molecular complexity index is 890. The zero-order chi connectivity index (χ0) is 19.1. The number of carbonyl (C=O) groups is 2. The zero-order valence-corrected chi connectivity index (χ0v) is 15.1. The van der Waals surface area contributed by atoms with E-state index in [4.69, 9.17) is 4.74 Å². The molecule has 0 spiro atoms. The smallest absolute Gasteiger partial charge is 0.261 e. The summed E-state index contributed by atoms with van der Waals surface area (Å²) in [5.74, 6) is 0.307. The molecule has 1 N–H and O–H groups in total. The number of benzene rings is 3. The van der Waals surface area contributed by atoms with E-state index in [0.717, 1.165) is 5.56 Å². The summed E-state index contributed by atoms with van der Waals surface area (Å²) in [5.41, 5.74) is 2.25. The quantitative estimate of drug-likeness (QED) is 0.649. The first-order valence-electron chi connectivity index (χ1n) is 8.81. The third-order valence-electron chi connectivity index (χ3n) is 4.14. The van der Waals surface area contributed by atoms with Crippen molar-refractivity contribution in [2.24, 2.45) is 0 Å². The molecule has 3 aromatic carbocycles. The number of carbonyl (C=O) groups excluding carboxylic acids is 2. The van der Waals surface area contributed by atoms with Gasteiger partial charge in [0, 0.05) is 17.7 Å². The molecule has 0 heterocycles. The summed E-state index contributed by atoms with van der Waals surface area (Å²) in [6, 6.07) is 25.6. The molecule has 1 unspecified atom stereocenters. The Hall–Kier alpha value is -3.40. The van der Waals surface area contributed by atoms with Gasteiger partial charge in [-0.2, -0.15) is 0 Å². The molecule has 1 atom stereocenters. The summed E-state index contributed by atoms with van der Waals surface area (Å²) in [5, 5.41) is 2.85. The SMILES string of the molecule is CC(Oc1ccc(C(=O)c2ccccc2)cc1)C(=O)NCc1ccccc1. The second-order valence-corrected chi connectivity index (χ2v) is 6.18. The van der Waals surface area contributed by atoms with Crippen LogP contribution in [0.25, 0.3) is 0 Å². The zero-order valence-electron chi connectivity index (χ0n) is 15.1. The largest absolute Gasteiger partial charge is 0.481 e. The minimum atomic E-state index is -0.635. The molecule has 0 aromatic heterocycles. The average Bonchev–Trinajstić information content (AvgIpc) is 2.73. The fourth-order valence-electron chi connectivity index (χ4n) is 2.63. The Morgan fingerprint density at radius 3 is 2.00 bits per heavy atom. The van der Waals surface area contributed by atoms with E-state index in [-0.39, 0.29) is 11.7 Å². The van der Waals surface area contributed by atoms with Gasteiger partial charge in [0.15, 0.2) is 11.9 Å². The lowest BCUT2D eigenvalue weighted by molar-refractivity contribution is -0.127. The molecular formula is C23H21NO3. The Morgan fingerprint density at radius 1 is 0.815 bits per heavy atom. The molecular weight excluding hydrogens is 338 g/mol. The van der Waals surface area contributed by atoms with Crippen LogP contribution in [0.2, 0.25) is 0 Å². The lowest BCUT2D eigenvalue weighted by atomic mass is 10.0. The topological polar surface area (TPSA) is 55.4 Å². The van der Waals surface area contributed by atoms with Crippen molar-refractivity contribution in [3.8, 4) is 5.75 Å². The van der Waals surface area contributed by atoms with Gasteiger partial charge in [-0.15, -0.1) is 0 Å². The van der Waals surface area contributed by atoms with Gasteiger partial charge in [0.2, 0.25) is 0 Å². The predicted molar refractivity (Wildman–Crippen MR) is 105 cm³/mol. The molecule has 0 aliphatic rings. The Kier molecular flexibility index (Phi) is 6.00. The molecule has 0 saturated heterocycles. The van der Waals surface area contributed by atoms with Gasteiger partial charge >= 0.3 is 0 Å². The minimum Gasteiger partial charge on any atom is -0.481 e. The van der Waals surface area contributed by atoms with E-state index in [0.29, 0.717) is 23.4 Å². The molecule has 0 bridgehead atoms. The van der Waals surface area contributed by atoms with Gasteiger partial charge in [-0.1, -0.05) is 60.7 Å². The second-order valence-electron chi connectivity index (χ2n) is 6.18. The van der Waals surface area contributed by atoms with E-state index >= 15 is 0 Å². The summed E-state index contributed by atoms with van der Waals surface area (Å²) in [4.78, 5) is 24.6. The predicted octanol–water partition coefficient (Wildman–Crippen LogP) is 4.00. The van der Waals surface area contributed by atoms with Crippen LogP contribution in [-0.4, -0.2) is 17.8 Å². The van der Waals surface area contributed by atoms with Crippen molar-refractivity contribution in [3.63, 3.8) is 0 Å². The molecule has 0 aliphatic heterocycles. The molecule has 0 radical (unpaired) electrons. The molecule has 27 heavy (non-hydrogen) atoms. The normalized spacial score (nSPS) is 11.4. The van der Waals surface area contributed by atoms with E-state index in [1.54, 1.807) is 43.3 Å². The average molecular weight is 359 g/mol. The number of amides is 1. The highest BCUT2D eigenvalue weighted by Crippen LogP contribution is 2.17. The Morgan fingerprint density at radius 2 is 1.37 bits per heavy atom. The monoisotopic (exact) mass is 359 g/mol. The number of ether oxygens (including phenoxy) is 1. The number of hydrogen-bond acceptors (Lipinski definition) is 3. The summed E-state index contributed by atoms with van der Waals surface area (Å²) in [6.45, 7) is 2.15. The van der Waals surface area contributed by atoms with E-state index in [1.807, 2.05) is 48.5 Å². The summed E-state index contributed by atoms with van der Waals surface area (Å²) < 4.78 is 5.68. The highest BCUT2D eigenvalue weighted by molar-refractivity contribution is 6.08. The van der Waals surface area contributed by atoms with Crippen LogP contribution in [0.4, 0.5) is 0 Å². The molecule has 4 heteroatoms. The molecule has 3 aromatic rings. The number of rotatable bonds is 7. The van der Waals surface area contributed by atoms with Crippen LogP contribution in [0.3, 0.4) is 0 Å². The Labute approximate surface area is 158 Å². The van der Waals surface area contributed by atoms with Gasteiger partial charge in [0.25, 0.3) is 5.91 Å². The fraction of sp³-hybridized carbons (Fsp3) is 0.130. The van der Waals surface area contributed by atoms with Crippen molar-refractivity contribution in [2.75, 3.05) is 0 Å². The lowest BCUT2D eigenvalue weighted by Crippen LogP contribution is -2.35. The lowest BCUT2D eigenvalue weighted by Gasteiger charge is -2.15. The molecule has 0 aliphatic carbocycles. The highest BCUT2D eigenvalue weighted by Gasteiger charge is 2.15. The van der Waals surface area contributed by atoms with E-state index < -0.39 is 6.10 Å². The summed E-state index contributed by atoms with van der Waals surface area (Å²) in [7, 11) is 0. The van der Waals surface area contributed by atoms with Crippen molar-refractivity contribution in [2.45, 2.75) is 19.6 Å². The third kappa shape index (κ3) is 5.05. The maximum Gasteiger partial charge on any atom is 0.261 e. The fourth-order valence-corrected chi connectivity index (χ4v) is 2.63. The second kappa shape index (κ2) is 8.81. The van der Waals surface area contributed by atoms with Crippen LogP contribution in [0.5, 0.6) is 5.75 Å². The van der Waals surface area contributed by atoms with Crippen LogP contribution >= 0.6 is 0 Å². The maximum atomic E-state index is 12.4. The van der Waals surface area contributed by atoms with Gasteiger partial charge in [-0.05, 0) is 36.8 Å². The standard InChI is InChI=1S/C23H21NO3/c1-17(23(26)24-16-18-8-4-2-5-9-18)27-21-14-12-20(13-15-21)22(25)19-10-6-3-7-11-19/h2-15,17H,16H2,1H3,(H,24,26). The number of nitrogens with one attached hydrogen (secondary N) is 1. The van der Waals surface area contributed by atoms with E-state index in [9.17, 15) is 9.59 Å². The van der Waals surface area contributed by atoms with Gasteiger partial charge in [0.1, 0.15) is 5.75 Å². The van der Waals surface area contributed by atoms with Crippen LogP contribution in [0, 0.1) is 0 Å². The highest BCUT2D eigenvalue weighted by atomic mass is 16.5. The van der Waals surface area contributed by atoms with E-state index in [1.165, 1.54) is 0 Å². The summed E-state index contributed by atoms with van der Waals surface area (Å²) in [6.07, 6.45) is -0.635. The first-order chi connectivity index (χ1) is 13.1. The van der Waals surface area contributed by atoms with E-state index in [2.05, 4.69) is 5.32 Å². The molecule has 1 amide bonds. The van der Waals surface area contributed by atoms with Gasteiger partial charge in [0.05, 0.1) is 0 Å². The number of hydrogen-bond donors (Lipinski definition) is 1. The Balaban J connectivity index is 1.56. The van der Waals surface area contributed by atoms with Crippen LogP contribution in [-0.2, 0) is 11.3 Å². The third-order valence-corrected chi connectivity index (χ3v) is 4.14. The van der Waals surface area contributed by atoms with Crippen LogP contribution < -0.4 is 10.1 Å². The minimum absolute atomic E-state index is 0.0456. The van der Waals surface area contributed by atoms with Crippen molar-refractivity contribution in [3.05, 3.63) is 102 Å².